The number of carbonyl (C=O) groups excluding carboxylic acids is 1. The Kier molecular flexibility index (Phi) is 7.37. The van der Waals surface area contributed by atoms with E-state index >= 15 is 0 Å². The number of rotatable bonds is 9. The maximum absolute atomic E-state index is 11.4. The van der Waals surface area contributed by atoms with E-state index in [0.29, 0.717) is 19.4 Å². The summed E-state index contributed by atoms with van der Waals surface area (Å²) in [5, 5.41) is 8.76. The van der Waals surface area contributed by atoms with Gasteiger partial charge in [-0.05, 0) is 44.7 Å². The van der Waals surface area contributed by atoms with E-state index in [2.05, 4.69) is 6.92 Å². The number of ether oxygens (including phenoxy) is 1. The van der Waals surface area contributed by atoms with Crippen molar-refractivity contribution in [3.8, 4) is 0 Å². The minimum atomic E-state index is -0.176. The smallest absolute Gasteiger partial charge is 0.306 e. The van der Waals surface area contributed by atoms with Gasteiger partial charge in [0, 0.05) is 19.4 Å². The van der Waals surface area contributed by atoms with Crippen LogP contribution in [0.4, 0.5) is 0 Å². The molecule has 0 radical (unpaired) electrons. The number of hydrogen-bond acceptors (Lipinski definition) is 4. The Morgan fingerprint density at radius 2 is 1.75 bits per heavy atom. The molecular weight excluding hydrogens is 256 g/mol. The predicted octanol–water partition coefficient (Wildman–Crippen LogP) is 3.10. The van der Waals surface area contributed by atoms with Gasteiger partial charge in [0.2, 0.25) is 0 Å². The molecule has 0 aliphatic rings. The van der Waals surface area contributed by atoms with Crippen LogP contribution in [0.1, 0.15) is 55.3 Å². The average molecular weight is 282 g/mol. The van der Waals surface area contributed by atoms with Crippen molar-refractivity contribution in [1.29, 1.82) is 0 Å². The van der Waals surface area contributed by atoms with Crippen molar-refractivity contribution in [3.63, 3.8) is 0 Å². The number of carbonyl (C=O) groups is 1. The maximum atomic E-state index is 11.4. The Labute approximate surface area is 121 Å². The highest BCUT2D eigenvalue weighted by molar-refractivity contribution is 5.69. The van der Waals surface area contributed by atoms with Gasteiger partial charge in [-0.1, -0.05) is 6.42 Å². The molecule has 20 heavy (non-hydrogen) atoms. The molecule has 1 rings (SSSR count). The Bertz CT molecular complexity index is 420. The normalized spacial score (nSPS) is 10.8. The van der Waals surface area contributed by atoms with E-state index in [4.69, 9.17) is 14.3 Å². The first-order chi connectivity index (χ1) is 9.60. The summed E-state index contributed by atoms with van der Waals surface area (Å²) >= 11 is 0. The largest absolute Gasteiger partial charge is 0.466 e. The number of aliphatic hydroxyl groups is 1. The van der Waals surface area contributed by atoms with Crippen molar-refractivity contribution < 1.29 is 19.1 Å². The first-order valence-corrected chi connectivity index (χ1v) is 7.44. The lowest BCUT2D eigenvalue weighted by molar-refractivity contribution is -0.143. The lowest BCUT2D eigenvalue weighted by Crippen LogP contribution is -2.05. The van der Waals surface area contributed by atoms with E-state index in [9.17, 15) is 4.79 Å². The third-order valence-electron chi connectivity index (χ3n) is 3.57. The minimum Gasteiger partial charge on any atom is -0.466 e. The average Bonchev–Trinajstić information content (AvgIpc) is 2.70. The van der Waals surface area contributed by atoms with Crippen molar-refractivity contribution in [3.05, 3.63) is 22.6 Å². The molecule has 4 nitrogen and oxygen atoms in total. The van der Waals surface area contributed by atoms with Crippen molar-refractivity contribution in [2.75, 3.05) is 13.2 Å². The molecule has 0 fully saturated rings. The number of aliphatic hydroxyl groups excluding tert-OH is 1. The zero-order valence-electron chi connectivity index (χ0n) is 12.8. The highest BCUT2D eigenvalue weighted by Gasteiger charge is 2.14. The SMILES string of the molecule is CCOC(=O)CCc1oc(CCCCCO)c(C)c1C. The van der Waals surface area contributed by atoms with E-state index in [0.717, 1.165) is 42.8 Å². The van der Waals surface area contributed by atoms with Crippen LogP contribution < -0.4 is 0 Å². The van der Waals surface area contributed by atoms with Crippen molar-refractivity contribution >= 4 is 5.97 Å². The van der Waals surface area contributed by atoms with E-state index < -0.39 is 0 Å². The number of unbranched alkanes of at least 4 members (excludes halogenated alkanes) is 2. The van der Waals surface area contributed by atoms with Crippen LogP contribution in [0.25, 0.3) is 0 Å². The third-order valence-corrected chi connectivity index (χ3v) is 3.57. The molecule has 0 aromatic carbocycles. The van der Waals surface area contributed by atoms with Crippen LogP contribution in [0.5, 0.6) is 0 Å². The molecule has 1 N–H and O–H groups in total. The fourth-order valence-electron chi connectivity index (χ4n) is 2.22. The molecule has 0 atom stereocenters. The van der Waals surface area contributed by atoms with Crippen LogP contribution in [-0.2, 0) is 22.4 Å². The van der Waals surface area contributed by atoms with Crippen molar-refractivity contribution in [2.24, 2.45) is 0 Å². The van der Waals surface area contributed by atoms with Crippen molar-refractivity contribution in [2.45, 2.75) is 59.3 Å². The van der Waals surface area contributed by atoms with Gasteiger partial charge in [0.15, 0.2) is 0 Å². The molecule has 0 aliphatic carbocycles. The summed E-state index contributed by atoms with van der Waals surface area (Å²) in [6.07, 6.45) is 4.73. The molecule has 114 valence electrons. The lowest BCUT2D eigenvalue weighted by atomic mass is 10.1. The van der Waals surface area contributed by atoms with Gasteiger partial charge in [-0.15, -0.1) is 0 Å². The summed E-state index contributed by atoms with van der Waals surface area (Å²) in [5.74, 6) is 1.73. The highest BCUT2D eigenvalue weighted by atomic mass is 16.5. The third kappa shape index (κ3) is 5.00. The number of furan rings is 1. The van der Waals surface area contributed by atoms with Gasteiger partial charge in [-0.25, -0.2) is 0 Å². The molecule has 0 saturated carbocycles. The Morgan fingerprint density at radius 1 is 1.10 bits per heavy atom. The van der Waals surface area contributed by atoms with Gasteiger partial charge in [0.1, 0.15) is 11.5 Å². The molecule has 1 aromatic rings. The van der Waals surface area contributed by atoms with Gasteiger partial charge < -0.3 is 14.3 Å². The molecule has 0 amide bonds. The second-order valence-corrected chi connectivity index (χ2v) is 5.04. The van der Waals surface area contributed by atoms with Crippen LogP contribution in [0.2, 0.25) is 0 Å². The summed E-state index contributed by atoms with van der Waals surface area (Å²) in [5.41, 5.74) is 2.33. The van der Waals surface area contributed by atoms with Crippen LogP contribution >= 0.6 is 0 Å². The lowest BCUT2D eigenvalue weighted by Gasteiger charge is -2.01. The maximum Gasteiger partial charge on any atom is 0.306 e. The fourth-order valence-corrected chi connectivity index (χ4v) is 2.22. The van der Waals surface area contributed by atoms with Gasteiger partial charge in [-0.2, -0.15) is 0 Å². The summed E-state index contributed by atoms with van der Waals surface area (Å²) in [6.45, 7) is 6.58. The zero-order chi connectivity index (χ0) is 15.0. The predicted molar refractivity (Wildman–Crippen MR) is 77.8 cm³/mol. The van der Waals surface area contributed by atoms with Gasteiger partial charge in [0.05, 0.1) is 13.0 Å². The van der Waals surface area contributed by atoms with Gasteiger partial charge in [0.25, 0.3) is 0 Å². The molecule has 0 saturated heterocycles. The monoisotopic (exact) mass is 282 g/mol. The van der Waals surface area contributed by atoms with E-state index in [-0.39, 0.29) is 12.6 Å². The molecule has 4 heteroatoms. The van der Waals surface area contributed by atoms with Gasteiger partial charge in [-0.3, -0.25) is 4.79 Å². The molecule has 0 aliphatic heterocycles. The zero-order valence-corrected chi connectivity index (χ0v) is 12.8. The molecule has 0 bridgehead atoms. The fraction of sp³-hybridized carbons (Fsp3) is 0.688. The van der Waals surface area contributed by atoms with Crippen LogP contribution in [0.15, 0.2) is 4.42 Å². The molecule has 0 spiro atoms. The van der Waals surface area contributed by atoms with Crippen LogP contribution in [0.3, 0.4) is 0 Å². The standard InChI is InChI=1S/C16H26O4/c1-4-19-16(18)10-9-15-13(3)12(2)14(20-15)8-6-5-7-11-17/h17H,4-11H2,1-3H3. The molecule has 1 heterocycles. The second-order valence-electron chi connectivity index (χ2n) is 5.04. The van der Waals surface area contributed by atoms with Gasteiger partial charge >= 0.3 is 5.97 Å². The van der Waals surface area contributed by atoms with Crippen LogP contribution in [0, 0.1) is 13.8 Å². The Hall–Kier alpha value is -1.29. The van der Waals surface area contributed by atoms with Crippen molar-refractivity contribution in [1.82, 2.24) is 0 Å². The summed E-state index contributed by atoms with van der Waals surface area (Å²) in [6, 6.07) is 0. The minimum absolute atomic E-state index is 0.176. The topological polar surface area (TPSA) is 59.7 Å². The summed E-state index contributed by atoms with van der Waals surface area (Å²) in [4.78, 5) is 11.4. The highest BCUT2D eigenvalue weighted by Crippen LogP contribution is 2.24. The van der Waals surface area contributed by atoms with Crippen LogP contribution in [-0.4, -0.2) is 24.3 Å². The number of esters is 1. The Morgan fingerprint density at radius 3 is 2.35 bits per heavy atom. The molecule has 0 unspecified atom stereocenters. The van der Waals surface area contributed by atoms with E-state index in [1.165, 1.54) is 5.56 Å². The number of aryl methyl sites for hydroxylation is 2. The molecule has 1 aromatic heterocycles. The van der Waals surface area contributed by atoms with E-state index in [1.54, 1.807) is 0 Å². The quantitative estimate of drug-likeness (QED) is 0.558. The summed E-state index contributed by atoms with van der Waals surface area (Å²) in [7, 11) is 0. The Balaban J connectivity index is 2.53. The first kappa shape index (κ1) is 16.8. The first-order valence-electron chi connectivity index (χ1n) is 7.44. The second kappa shape index (κ2) is 8.80. The summed E-state index contributed by atoms with van der Waals surface area (Å²) < 4.78 is 10.8. The molecular formula is C16H26O4. The van der Waals surface area contributed by atoms with E-state index in [1.807, 2.05) is 13.8 Å². The number of hydrogen-bond donors (Lipinski definition) is 1.